The molecule has 1 fully saturated rings. The Kier molecular flexibility index (Phi) is 7.89. The van der Waals surface area contributed by atoms with Crippen LogP contribution in [0.1, 0.15) is 6.92 Å². The van der Waals surface area contributed by atoms with Gasteiger partial charge in [-0.25, -0.2) is 0 Å². The maximum atomic E-state index is 5.53. The first-order chi connectivity index (χ1) is 7.68. The molecule has 1 N–H and O–H groups in total. The van der Waals surface area contributed by atoms with E-state index in [1.54, 1.807) is 0 Å². The van der Waals surface area contributed by atoms with Crippen molar-refractivity contribution in [3.05, 3.63) is 0 Å². The summed E-state index contributed by atoms with van der Waals surface area (Å²) in [5.41, 5.74) is 0. The highest BCUT2D eigenvalue weighted by Gasteiger charge is 2.09. The van der Waals surface area contributed by atoms with Crippen molar-refractivity contribution in [2.45, 2.75) is 11.0 Å². The third-order valence-electron chi connectivity index (χ3n) is 2.83. The van der Waals surface area contributed by atoms with Gasteiger partial charge in [-0.1, -0.05) is 22.6 Å². The van der Waals surface area contributed by atoms with Gasteiger partial charge < -0.3 is 15.0 Å². The number of hydrogen-bond acceptors (Lipinski definition) is 4. The van der Waals surface area contributed by atoms with Crippen LogP contribution in [0.15, 0.2) is 0 Å². The molecule has 4 nitrogen and oxygen atoms in total. The Bertz CT molecular complexity index is 175. The summed E-state index contributed by atoms with van der Waals surface area (Å²) in [4.78, 5) is 4.87. The molecule has 16 heavy (non-hydrogen) atoms. The number of ether oxygens (including phenoxy) is 1. The number of rotatable bonds is 7. The fourth-order valence-corrected chi connectivity index (χ4v) is 1.98. The van der Waals surface area contributed by atoms with Crippen molar-refractivity contribution in [1.29, 1.82) is 0 Å². The highest BCUT2D eigenvalue weighted by atomic mass is 127. The number of halogens is 1. The second-order valence-electron chi connectivity index (χ2n) is 4.31. The normalized spacial score (nSPS) is 20.2. The summed E-state index contributed by atoms with van der Waals surface area (Å²) in [6.07, 6.45) is 0. The third kappa shape index (κ3) is 7.01. The molecule has 0 aromatic rings. The molecular formula is C11H24IN3O. The van der Waals surface area contributed by atoms with E-state index in [0.717, 1.165) is 32.8 Å². The van der Waals surface area contributed by atoms with Gasteiger partial charge in [0.2, 0.25) is 0 Å². The van der Waals surface area contributed by atoms with Gasteiger partial charge in [0.25, 0.3) is 0 Å². The monoisotopic (exact) mass is 341 g/mol. The number of hydrogen-bond donors (Lipinski definition) is 1. The van der Waals surface area contributed by atoms with Crippen molar-refractivity contribution in [2.75, 3.05) is 59.5 Å². The van der Waals surface area contributed by atoms with Crippen molar-refractivity contribution in [1.82, 2.24) is 15.1 Å². The van der Waals surface area contributed by atoms with Gasteiger partial charge in [-0.3, -0.25) is 4.90 Å². The van der Waals surface area contributed by atoms with Crippen molar-refractivity contribution in [2.24, 2.45) is 0 Å². The van der Waals surface area contributed by atoms with Crippen LogP contribution in [0.3, 0.4) is 0 Å². The van der Waals surface area contributed by atoms with Crippen LogP contribution in [0.2, 0.25) is 0 Å². The van der Waals surface area contributed by atoms with Crippen LogP contribution in [0.5, 0.6) is 0 Å². The van der Waals surface area contributed by atoms with E-state index < -0.39 is 0 Å². The molecule has 1 atom stereocenters. The zero-order valence-corrected chi connectivity index (χ0v) is 12.6. The number of nitrogens with one attached hydrogen (secondary N) is 1. The molecule has 1 aliphatic heterocycles. The second-order valence-corrected chi connectivity index (χ2v) is 6.06. The van der Waals surface area contributed by atoms with Crippen LogP contribution < -0.4 is 5.32 Å². The summed E-state index contributed by atoms with van der Waals surface area (Å²) < 4.78 is 5.84. The van der Waals surface area contributed by atoms with Gasteiger partial charge in [0, 0.05) is 45.8 Å². The molecule has 1 heterocycles. The summed E-state index contributed by atoms with van der Waals surface area (Å²) in [5.74, 6) is 0. The summed E-state index contributed by atoms with van der Waals surface area (Å²) in [6.45, 7) is 10.9. The van der Waals surface area contributed by atoms with Crippen LogP contribution in [0.25, 0.3) is 0 Å². The molecule has 0 amide bonds. The quantitative estimate of drug-likeness (QED) is 0.543. The lowest BCUT2D eigenvalue weighted by molar-refractivity contribution is 0.106. The van der Waals surface area contributed by atoms with Gasteiger partial charge in [0.15, 0.2) is 0 Å². The minimum Gasteiger partial charge on any atom is -0.367 e. The Morgan fingerprint density at radius 1 is 1.38 bits per heavy atom. The predicted octanol–water partition coefficient (Wildman–Crippen LogP) is 0.621. The highest BCUT2D eigenvalue weighted by Crippen LogP contribution is 2.00. The minimum absolute atomic E-state index is 0.319. The Balaban J connectivity index is 1.98. The molecule has 1 unspecified atom stereocenters. The molecule has 0 aromatic heterocycles. The number of likely N-dealkylation sites (N-methyl/N-ethyl adjacent to an activating group) is 1. The maximum Gasteiger partial charge on any atom is 0.106 e. The van der Waals surface area contributed by atoms with Gasteiger partial charge in [-0.15, -0.1) is 0 Å². The van der Waals surface area contributed by atoms with Crippen LogP contribution in [0.4, 0.5) is 0 Å². The molecule has 0 bridgehead atoms. The third-order valence-corrected chi connectivity index (χ3v) is 3.19. The predicted molar refractivity (Wildman–Crippen MR) is 76.2 cm³/mol. The van der Waals surface area contributed by atoms with Crippen LogP contribution in [-0.2, 0) is 4.74 Å². The molecule has 0 radical (unpaired) electrons. The highest BCUT2D eigenvalue weighted by molar-refractivity contribution is 14.1. The molecule has 96 valence electrons. The van der Waals surface area contributed by atoms with Crippen molar-refractivity contribution in [3.63, 3.8) is 0 Å². The summed E-state index contributed by atoms with van der Waals surface area (Å²) >= 11 is 2.29. The maximum absolute atomic E-state index is 5.53. The van der Waals surface area contributed by atoms with Gasteiger partial charge in [0.1, 0.15) is 4.11 Å². The minimum atomic E-state index is 0.319. The van der Waals surface area contributed by atoms with Gasteiger partial charge in [-0.05, 0) is 14.0 Å². The first-order valence-corrected chi connectivity index (χ1v) is 7.30. The van der Waals surface area contributed by atoms with Crippen molar-refractivity contribution >= 4 is 22.6 Å². The van der Waals surface area contributed by atoms with E-state index in [4.69, 9.17) is 4.74 Å². The van der Waals surface area contributed by atoms with Gasteiger partial charge in [0.05, 0.1) is 6.61 Å². The summed E-state index contributed by atoms with van der Waals surface area (Å²) in [6, 6.07) is 0. The molecule has 0 aliphatic carbocycles. The van der Waals surface area contributed by atoms with E-state index in [1.807, 2.05) is 0 Å². The molecule has 0 saturated carbocycles. The van der Waals surface area contributed by atoms with Crippen molar-refractivity contribution < 1.29 is 4.74 Å². The lowest BCUT2D eigenvalue weighted by Gasteiger charge is -2.29. The van der Waals surface area contributed by atoms with Gasteiger partial charge >= 0.3 is 0 Å². The van der Waals surface area contributed by atoms with E-state index >= 15 is 0 Å². The fraction of sp³-hybridized carbons (Fsp3) is 1.00. The van der Waals surface area contributed by atoms with Crippen LogP contribution in [0, 0.1) is 0 Å². The SMILES string of the molecule is CC(I)OCCN(C)CCN1CCNCC1. The summed E-state index contributed by atoms with van der Waals surface area (Å²) in [5, 5.41) is 3.37. The molecular weight excluding hydrogens is 317 g/mol. The van der Waals surface area contributed by atoms with Gasteiger partial charge in [-0.2, -0.15) is 0 Å². The Morgan fingerprint density at radius 3 is 2.69 bits per heavy atom. The van der Waals surface area contributed by atoms with E-state index in [9.17, 15) is 0 Å². The fourth-order valence-electron chi connectivity index (χ4n) is 1.73. The Morgan fingerprint density at radius 2 is 2.06 bits per heavy atom. The van der Waals surface area contributed by atoms with E-state index in [-0.39, 0.29) is 0 Å². The average molecular weight is 341 g/mol. The number of alkyl halides is 1. The number of nitrogens with zero attached hydrogens (tertiary/aromatic N) is 2. The average Bonchev–Trinajstić information content (AvgIpc) is 2.27. The van der Waals surface area contributed by atoms with Crippen molar-refractivity contribution in [3.8, 4) is 0 Å². The lowest BCUT2D eigenvalue weighted by Crippen LogP contribution is -2.46. The smallest absolute Gasteiger partial charge is 0.106 e. The molecule has 0 spiro atoms. The second kappa shape index (κ2) is 8.63. The summed E-state index contributed by atoms with van der Waals surface area (Å²) in [7, 11) is 2.17. The van der Waals surface area contributed by atoms with Crippen LogP contribution >= 0.6 is 22.6 Å². The topological polar surface area (TPSA) is 27.7 Å². The molecule has 1 rings (SSSR count). The van der Waals surface area contributed by atoms with E-state index in [2.05, 4.69) is 51.7 Å². The number of piperazine rings is 1. The zero-order valence-electron chi connectivity index (χ0n) is 10.4. The largest absolute Gasteiger partial charge is 0.367 e. The molecule has 1 saturated heterocycles. The molecule has 5 heteroatoms. The first-order valence-electron chi connectivity index (χ1n) is 6.06. The Hall–Kier alpha value is 0.570. The standard InChI is InChI=1S/C11H24IN3O/c1-11(12)16-10-9-14(2)7-8-15-5-3-13-4-6-15/h11,13H,3-10H2,1-2H3. The zero-order chi connectivity index (χ0) is 11.8. The van der Waals surface area contributed by atoms with E-state index in [1.165, 1.54) is 19.6 Å². The molecule has 0 aromatic carbocycles. The molecule has 1 aliphatic rings. The Labute approximate surface area is 113 Å². The van der Waals surface area contributed by atoms with Crippen LogP contribution in [-0.4, -0.2) is 73.4 Å². The van der Waals surface area contributed by atoms with E-state index in [0.29, 0.717) is 4.11 Å². The first kappa shape index (κ1) is 14.6. The lowest BCUT2D eigenvalue weighted by atomic mass is 10.3.